The molecule has 2 atom stereocenters. The molecule has 0 aromatic heterocycles. The lowest BCUT2D eigenvalue weighted by molar-refractivity contribution is -0.124. The Hall–Kier alpha value is -0.830. The van der Waals surface area contributed by atoms with Crippen LogP contribution < -0.4 is 5.32 Å². The van der Waals surface area contributed by atoms with Crippen LogP contribution in [0, 0.1) is 5.92 Å². The molecule has 0 saturated carbocycles. The molecule has 0 aliphatic heterocycles. The molecule has 0 unspecified atom stereocenters. The van der Waals surface area contributed by atoms with Crippen LogP contribution in [0.4, 0.5) is 0 Å². The quantitative estimate of drug-likeness (QED) is 0.623. The highest BCUT2D eigenvalue weighted by Crippen LogP contribution is 2.11. The zero-order valence-electron chi connectivity index (χ0n) is 8.16. The van der Waals surface area contributed by atoms with Crippen molar-refractivity contribution >= 4 is 5.91 Å². The van der Waals surface area contributed by atoms with E-state index in [0.717, 1.165) is 12.8 Å². The third-order valence-corrected chi connectivity index (χ3v) is 2.19. The molecule has 3 heteroatoms. The van der Waals surface area contributed by atoms with Gasteiger partial charge in [0.15, 0.2) is 0 Å². The molecule has 74 valence electrons. The highest BCUT2D eigenvalue weighted by molar-refractivity contribution is 5.78. The molecule has 13 heavy (non-hydrogen) atoms. The number of carbonyl (C=O) groups excluding carboxylic acids is 1. The third kappa shape index (κ3) is 3.19. The molecule has 0 heterocycles. The second-order valence-electron chi connectivity index (χ2n) is 3.80. The fraction of sp³-hybridized carbons (Fsp3) is 0.700. The van der Waals surface area contributed by atoms with Gasteiger partial charge in [0.05, 0.1) is 6.10 Å². The third-order valence-electron chi connectivity index (χ3n) is 2.19. The van der Waals surface area contributed by atoms with Crippen LogP contribution in [0.15, 0.2) is 12.2 Å². The van der Waals surface area contributed by atoms with Gasteiger partial charge in [-0.05, 0) is 12.8 Å². The summed E-state index contributed by atoms with van der Waals surface area (Å²) in [6, 6.07) is 0.110. The number of hydrogen-bond acceptors (Lipinski definition) is 2. The maximum atomic E-state index is 11.3. The van der Waals surface area contributed by atoms with Crippen molar-refractivity contribution in [3.63, 3.8) is 0 Å². The zero-order chi connectivity index (χ0) is 9.84. The predicted octanol–water partition coefficient (Wildman–Crippen LogP) is 0.838. The van der Waals surface area contributed by atoms with Crippen LogP contribution >= 0.6 is 0 Å². The molecule has 0 saturated heterocycles. The largest absolute Gasteiger partial charge is 0.389 e. The minimum atomic E-state index is -0.327. The smallest absolute Gasteiger partial charge is 0.223 e. The number of nitrogens with one attached hydrogen (secondary N) is 1. The Morgan fingerprint density at radius 2 is 2.15 bits per heavy atom. The first-order chi connectivity index (χ1) is 6.09. The normalized spacial score (nSPS) is 27.7. The average molecular weight is 183 g/mol. The van der Waals surface area contributed by atoms with Gasteiger partial charge in [-0.1, -0.05) is 26.0 Å². The Bertz CT molecular complexity index is 211. The number of hydrogen-bond donors (Lipinski definition) is 2. The van der Waals surface area contributed by atoms with Gasteiger partial charge in [-0.2, -0.15) is 0 Å². The number of aliphatic hydroxyl groups excluding tert-OH is 1. The molecule has 1 aliphatic rings. The fourth-order valence-electron chi connectivity index (χ4n) is 1.27. The highest BCUT2D eigenvalue weighted by Gasteiger charge is 2.16. The summed E-state index contributed by atoms with van der Waals surface area (Å²) in [6.07, 6.45) is 4.85. The van der Waals surface area contributed by atoms with E-state index in [-0.39, 0.29) is 24.0 Å². The minimum absolute atomic E-state index is 0.0280. The van der Waals surface area contributed by atoms with E-state index in [0.29, 0.717) is 0 Å². The van der Waals surface area contributed by atoms with Crippen molar-refractivity contribution in [2.24, 2.45) is 5.92 Å². The molecule has 0 aromatic rings. The van der Waals surface area contributed by atoms with Crippen molar-refractivity contribution in [2.75, 3.05) is 0 Å². The van der Waals surface area contributed by atoms with E-state index in [1.807, 2.05) is 19.9 Å². The van der Waals surface area contributed by atoms with Crippen LogP contribution in [-0.2, 0) is 4.79 Å². The molecule has 2 N–H and O–H groups in total. The Balaban J connectivity index is 2.38. The summed E-state index contributed by atoms with van der Waals surface area (Å²) in [6.45, 7) is 3.74. The lowest BCUT2D eigenvalue weighted by atomic mass is 10.00. The van der Waals surface area contributed by atoms with Crippen molar-refractivity contribution in [1.29, 1.82) is 0 Å². The van der Waals surface area contributed by atoms with Gasteiger partial charge in [-0.3, -0.25) is 4.79 Å². The van der Waals surface area contributed by atoms with Gasteiger partial charge in [0, 0.05) is 12.0 Å². The van der Waals surface area contributed by atoms with E-state index in [9.17, 15) is 9.90 Å². The Morgan fingerprint density at radius 1 is 1.46 bits per heavy atom. The SMILES string of the molecule is CC(C)C(=O)N[C@H]1C=C[C@H](O)CC1. The van der Waals surface area contributed by atoms with E-state index in [1.54, 1.807) is 6.08 Å². The minimum Gasteiger partial charge on any atom is -0.389 e. The second-order valence-corrected chi connectivity index (χ2v) is 3.80. The van der Waals surface area contributed by atoms with Crippen LogP contribution in [0.5, 0.6) is 0 Å². The predicted molar refractivity (Wildman–Crippen MR) is 51.1 cm³/mol. The molecule has 0 spiro atoms. The molecule has 1 amide bonds. The maximum Gasteiger partial charge on any atom is 0.223 e. The number of rotatable bonds is 2. The first-order valence-corrected chi connectivity index (χ1v) is 4.76. The van der Waals surface area contributed by atoms with E-state index in [4.69, 9.17) is 0 Å². The Labute approximate surface area is 78.8 Å². The second kappa shape index (κ2) is 4.42. The summed E-state index contributed by atoms with van der Waals surface area (Å²) in [5.74, 6) is 0.103. The molecule has 1 aliphatic carbocycles. The van der Waals surface area contributed by atoms with E-state index >= 15 is 0 Å². The zero-order valence-corrected chi connectivity index (χ0v) is 8.16. The van der Waals surface area contributed by atoms with E-state index < -0.39 is 0 Å². The molecule has 3 nitrogen and oxygen atoms in total. The molecular formula is C10H17NO2. The molecule has 0 fully saturated rings. The highest BCUT2D eigenvalue weighted by atomic mass is 16.3. The average Bonchev–Trinajstić information content (AvgIpc) is 2.08. The summed E-state index contributed by atoms with van der Waals surface area (Å²) in [7, 11) is 0. The lowest BCUT2D eigenvalue weighted by Gasteiger charge is -2.21. The van der Waals surface area contributed by atoms with Crippen LogP contribution in [0.25, 0.3) is 0 Å². The van der Waals surface area contributed by atoms with Gasteiger partial charge in [-0.25, -0.2) is 0 Å². The van der Waals surface area contributed by atoms with Crippen molar-refractivity contribution in [3.8, 4) is 0 Å². The Morgan fingerprint density at radius 3 is 2.62 bits per heavy atom. The van der Waals surface area contributed by atoms with E-state index in [1.165, 1.54) is 0 Å². The first-order valence-electron chi connectivity index (χ1n) is 4.76. The first kappa shape index (κ1) is 10.3. The number of aliphatic hydroxyl groups is 1. The van der Waals surface area contributed by atoms with Crippen LogP contribution in [-0.4, -0.2) is 23.2 Å². The number of carbonyl (C=O) groups is 1. The van der Waals surface area contributed by atoms with Crippen molar-refractivity contribution < 1.29 is 9.90 Å². The standard InChI is InChI=1S/C10H17NO2/c1-7(2)10(13)11-8-3-5-9(12)6-4-8/h3,5,7-9,12H,4,6H2,1-2H3,(H,11,13)/t8-,9-/m0/s1. The molecule has 0 aromatic carbocycles. The van der Waals surface area contributed by atoms with Gasteiger partial charge in [0.1, 0.15) is 0 Å². The van der Waals surface area contributed by atoms with Crippen LogP contribution in [0.3, 0.4) is 0 Å². The lowest BCUT2D eigenvalue weighted by Crippen LogP contribution is -2.38. The summed E-state index contributed by atoms with van der Waals surface area (Å²) in [4.78, 5) is 11.3. The fourth-order valence-corrected chi connectivity index (χ4v) is 1.27. The maximum absolute atomic E-state index is 11.3. The monoisotopic (exact) mass is 183 g/mol. The summed E-state index contributed by atoms with van der Waals surface area (Å²) < 4.78 is 0. The van der Waals surface area contributed by atoms with E-state index in [2.05, 4.69) is 5.32 Å². The van der Waals surface area contributed by atoms with Crippen molar-refractivity contribution in [3.05, 3.63) is 12.2 Å². The van der Waals surface area contributed by atoms with Crippen LogP contribution in [0.2, 0.25) is 0 Å². The van der Waals surface area contributed by atoms with Crippen molar-refractivity contribution in [1.82, 2.24) is 5.32 Å². The van der Waals surface area contributed by atoms with Gasteiger partial charge in [0.2, 0.25) is 5.91 Å². The van der Waals surface area contributed by atoms with Gasteiger partial charge in [-0.15, -0.1) is 0 Å². The summed E-state index contributed by atoms with van der Waals surface area (Å²) in [5.41, 5.74) is 0. The number of amides is 1. The van der Waals surface area contributed by atoms with Crippen molar-refractivity contribution in [2.45, 2.75) is 38.8 Å². The molecule has 1 rings (SSSR count). The molecule has 0 bridgehead atoms. The topological polar surface area (TPSA) is 49.3 Å². The van der Waals surface area contributed by atoms with Gasteiger partial charge < -0.3 is 10.4 Å². The van der Waals surface area contributed by atoms with Crippen LogP contribution in [0.1, 0.15) is 26.7 Å². The molecule has 0 radical (unpaired) electrons. The van der Waals surface area contributed by atoms with Gasteiger partial charge >= 0.3 is 0 Å². The van der Waals surface area contributed by atoms with Gasteiger partial charge in [0.25, 0.3) is 0 Å². The Kier molecular flexibility index (Phi) is 3.48. The summed E-state index contributed by atoms with van der Waals surface area (Å²) in [5, 5.41) is 12.1. The summed E-state index contributed by atoms with van der Waals surface area (Å²) >= 11 is 0. The molecular weight excluding hydrogens is 166 g/mol.